The first kappa shape index (κ1) is 20.6. The van der Waals surface area contributed by atoms with Crippen LogP contribution >= 0.6 is 34.5 Å². The molecule has 2 aromatic carbocycles. The number of aromatic nitrogens is 1. The molecule has 0 bridgehead atoms. The summed E-state index contributed by atoms with van der Waals surface area (Å²) in [5, 5.41) is 6.06. The number of thiazole rings is 1. The van der Waals surface area contributed by atoms with Crippen LogP contribution in [0.25, 0.3) is 11.3 Å². The van der Waals surface area contributed by atoms with E-state index in [-0.39, 0.29) is 12.5 Å². The fourth-order valence-corrected chi connectivity index (χ4v) is 3.77. The monoisotopic (exact) mass is 434 g/mol. The lowest BCUT2D eigenvalue weighted by atomic mass is 9.97. The Bertz CT molecular complexity index is 957. The topological polar surface area (TPSA) is 51.2 Å². The van der Waals surface area contributed by atoms with E-state index in [9.17, 15) is 4.79 Å². The number of halogens is 2. The summed E-state index contributed by atoms with van der Waals surface area (Å²) < 4.78 is 5.44. The maximum Gasteiger partial charge on any atom is 0.264 e. The fourth-order valence-electron chi connectivity index (χ4n) is 2.57. The van der Waals surface area contributed by atoms with E-state index in [0.717, 1.165) is 17.7 Å². The van der Waals surface area contributed by atoms with Crippen LogP contribution in [0.3, 0.4) is 0 Å². The highest BCUT2D eigenvalue weighted by molar-refractivity contribution is 7.14. The van der Waals surface area contributed by atoms with Gasteiger partial charge in [0.05, 0.1) is 10.7 Å². The molecule has 0 radical (unpaired) electrons. The quantitative estimate of drug-likeness (QED) is 0.452. The SMILES string of the molecule is CCC(C)c1ccc(-c2csc(NC(=O)COc3ccc(Cl)cc3Cl)n2)cc1. The second kappa shape index (κ2) is 9.41. The van der Waals surface area contributed by atoms with Gasteiger partial charge in [0.2, 0.25) is 0 Å². The second-order valence-corrected chi connectivity index (χ2v) is 8.08. The smallest absolute Gasteiger partial charge is 0.264 e. The third-order valence-corrected chi connectivity index (χ3v) is 5.68. The number of carbonyl (C=O) groups is 1. The number of hydrogen-bond donors (Lipinski definition) is 1. The van der Waals surface area contributed by atoms with Crippen LogP contribution in [0.5, 0.6) is 5.75 Å². The van der Waals surface area contributed by atoms with Gasteiger partial charge in [-0.05, 0) is 36.1 Å². The third-order valence-electron chi connectivity index (χ3n) is 4.39. The zero-order chi connectivity index (χ0) is 20.1. The molecule has 1 atom stereocenters. The van der Waals surface area contributed by atoms with E-state index >= 15 is 0 Å². The minimum Gasteiger partial charge on any atom is -0.482 e. The first-order valence-electron chi connectivity index (χ1n) is 8.89. The van der Waals surface area contributed by atoms with Gasteiger partial charge in [0.15, 0.2) is 11.7 Å². The van der Waals surface area contributed by atoms with Crippen molar-refractivity contribution in [2.75, 3.05) is 11.9 Å². The molecule has 0 saturated heterocycles. The van der Waals surface area contributed by atoms with Crippen LogP contribution in [-0.2, 0) is 4.79 Å². The molecule has 1 unspecified atom stereocenters. The van der Waals surface area contributed by atoms with Crippen molar-refractivity contribution in [3.63, 3.8) is 0 Å². The lowest BCUT2D eigenvalue weighted by molar-refractivity contribution is -0.118. The van der Waals surface area contributed by atoms with E-state index in [1.807, 2.05) is 5.38 Å². The highest BCUT2D eigenvalue weighted by Gasteiger charge is 2.11. The van der Waals surface area contributed by atoms with Gasteiger partial charge in [-0.15, -0.1) is 11.3 Å². The van der Waals surface area contributed by atoms with Gasteiger partial charge in [0.1, 0.15) is 5.75 Å². The van der Waals surface area contributed by atoms with Crippen LogP contribution in [0, 0.1) is 0 Å². The van der Waals surface area contributed by atoms with Crippen molar-refractivity contribution in [1.82, 2.24) is 4.98 Å². The molecule has 0 fully saturated rings. The zero-order valence-electron chi connectivity index (χ0n) is 15.5. The number of anilines is 1. The first-order valence-corrected chi connectivity index (χ1v) is 10.5. The largest absolute Gasteiger partial charge is 0.482 e. The predicted octanol–water partition coefficient (Wildman–Crippen LogP) is 6.65. The summed E-state index contributed by atoms with van der Waals surface area (Å²) in [7, 11) is 0. The van der Waals surface area contributed by atoms with Gasteiger partial charge in [-0.2, -0.15) is 0 Å². The van der Waals surface area contributed by atoms with E-state index in [1.54, 1.807) is 18.2 Å². The minimum atomic E-state index is -0.306. The van der Waals surface area contributed by atoms with Gasteiger partial charge in [-0.3, -0.25) is 10.1 Å². The van der Waals surface area contributed by atoms with E-state index in [4.69, 9.17) is 27.9 Å². The number of amides is 1. The Labute approximate surface area is 178 Å². The summed E-state index contributed by atoms with van der Waals surface area (Å²) >= 11 is 13.3. The fraction of sp³-hybridized carbons (Fsp3) is 0.238. The molecule has 3 aromatic rings. The highest BCUT2D eigenvalue weighted by Crippen LogP contribution is 2.29. The molecule has 146 valence electrons. The van der Waals surface area contributed by atoms with Crippen molar-refractivity contribution < 1.29 is 9.53 Å². The molecule has 0 spiro atoms. The summed E-state index contributed by atoms with van der Waals surface area (Å²) in [6, 6.07) is 13.2. The molecular weight excluding hydrogens is 415 g/mol. The number of benzene rings is 2. The molecule has 28 heavy (non-hydrogen) atoms. The van der Waals surface area contributed by atoms with Gasteiger partial charge in [-0.1, -0.05) is 61.3 Å². The maximum atomic E-state index is 12.1. The number of nitrogens with one attached hydrogen (secondary N) is 1. The third kappa shape index (κ3) is 5.25. The van der Waals surface area contributed by atoms with Crippen LogP contribution in [0.1, 0.15) is 31.7 Å². The summed E-state index contributed by atoms with van der Waals surface area (Å²) in [4.78, 5) is 16.6. The molecule has 3 rings (SSSR count). The Kier molecular flexibility index (Phi) is 6.94. The van der Waals surface area contributed by atoms with E-state index in [0.29, 0.717) is 26.8 Å². The molecule has 1 heterocycles. The Morgan fingerprint density at radius 2 is 1.96 bits per heavy atom. The second-order valence-electron chi connectivity index (χ2n) is 6.38. The van der Waals surface area contributed by atoms with E-state index in [1.165, 1.54) is 16.9 Å². The average Bonchev–Trinajstić information content (AvgIpc) is 3.15. The van der Waals surface area contributed by atoms with Gasteiger partial charge < -0.3 is 4.74 Å². The van der Waals surface area contributed by atoms with Gasteiger partial charge in [0.25, 0.3) is 5.91 Å². The first-order chi connectivity index (χ1) is 13.5. The molecule has 1 N–H and O–H groups in total. The number of ether oxygens (including phenoxy) is 1. The number of hydrogen-bond acceptors (Lipinski definition) is 4. The molecule has 0 aliphatic carbocycles. The van der Waals surface area contributed by atoms with Crippen LogP contribution in [-0.4, -0.2) is 17.5 Å². The molecule has 0 aliphatic heterocycles. The molecule has 0 aliphatic rings. The standard InChI is InChI=1S/C21H20Cl2N2O2S/c1-3-13(2)14-4-6-15(7-5-14)18-12-28-21(24-18)25-20(26)11-27-19-9-8-16(22)10-17(19)23/h4-10,12-13H,3,11H2,1-2H3,(H,24,25,26). The van der Waals surface area contributed by atoms with Gasteiger partial charge in [-0.25, -0.2) is 4.98 Å². The Balaban J connectivity index is 1.58. The molecule has 7 heteroatoms. The van der Waals surface area contributed by atoms with Crippen LogP contribution in [0.15, 0.2) is 47.8 Å². The summed E-state index contributed by atoms with van der Waals surface area (Å²) in [6.45, 7) is 4.23. The summed E-state index contributed by atoms with van der Waals surface area (Å²) in [6.07, 6.45) is 1.11. The average molecular weight is 435 g/mol. The van der Waals surface area contributed by atoms with Crippen molar-refractivity contribution in [2.45, 2.75) is 26.2 Å². The zero-order valence-corrected chi connectivity index (χ0v) is 17.9. The van der Waals surface area contributed by atoms with Crippen LogP contribution < -0.4 is 10.1 Å². The molecule has 4 nitrogen and oxygen atoms in total. The normalized spacial score (nSPS) is 11.9. The van der Waals surface area contributed by atoms with Gasteiger partial charge >= 0.3 is 0 Å². The van der Waals surface area contributed by atoms with E-state index in [2.05, 4.69) is 48.4 Å². The van der Waals surface area contributed by atoms with Crippen LogP contribution in [0.2, 0.25) is 10.0 Å². The van der Waals surface area contributed by atoms with Crippen molar-refractivity contribution in [3.8, 4) is 17.0 Å². The molecule has 1 aromatic heterocycles. The Hall–Kier alpha value is -2.08. The van der Waals surface area contributed by atoms with Crippen molar-refractivity contribution in [1.29, 1.82) is 0 Å². The number of rotatable bonds is 7. The van der Waals surface area contributed by atoms with E-state index < -0.39 is 0 Å². The lowest BCUT2D eigenvalue weighted by Crippen LogP contribution is -2.20. The molecule has 0 saturated carbocycles. The van der Waals surface area contributed by atoms with Gasteiger partial charge in [0, 0.05) is 16.0 Å². The lowest BCUT2D eigenvalue weighted by Gasteiger charge is -2.09. The highest BCUT2D eigenvalue weighted by atomic mass is 35.5. The number of nitrogens with zero attached hydrogens (tertiary/aromatic N) is 1. The predicted molar refractivity (Wildman–Crippen MR) is 117 cm³/mol. The van der Waals surface area contributed by atoms with Crippen LogP contribution in [0.4, 0.5) is 5.13 Å². The minimum absolute atomic E-state index is 0.167. The summed E-state index contributed by atoms with van der Waals surface area (Å²) in [5.41, 5.74) is 3.17. The maximum absolute atomic E-state index is 12.1. The molecule has 1 amide bonds. The number of carbonyl (C=O) groups excluding carboxylic acids is 1. The van der Waals surface area contributed by atoms with Crippen molar-refractivity contribution >= 4 is 45.6 Å². The Morgan fingerprint density at radius 3 is 2.64 bits per heavy atom. The Morgan fingerprint density at radius 1 is 1.21 bits per heavy atom. The molecular formula is C21H20Cl2N2O2S. The summed E-state index contributed by atoms with van der Waals surface area (Å²) in [5.74, 6) is 0.634. The van der Waals surface area contributed by atoms with Crippen molar-refractivity contribution in [2.24, 2.45) is 0 Å². The van der Waals surface area contributed by atoms with Crippen molar-refractivity contribution in [3.05, 3.63) is 63.5 Å².